The van der Waals surface area contributed by atoms with Crippen molar-refractivity contribution in [1.29, 1.82) is 0 Å². The Kier molecular flexibility index (Phi) is 12.1. The van der Waals surface area contributed by atoms with E-state index in [4.69, 9.17) is 28.4 Å². The van der Waals surface area contributed by atoms with Gasteiger partial charge in [-0.1, -0.05) is 36.5 Å². The number of methoxy groups -OCH3 is 6. The minimum atomic E-state index is -0.0607. The standard InChI is InChI=1S/C35H43N3O8/c1-41-28-19-25(20-29(42-2)34(28)45-5)11-7-9-13-32(39)37-17-15-36-16-18-38(24-27(36)23-37)33(40)14-10-8-12-26-21-30(43-3)35(46-6)31(22-26)44-4/h7-14,19-22,27H,15-18,23-24H2,1-6H3/b11-7+,12-8+,13-9+,14-10+. The van der Waals surface area contributed by atoms with Crippen LogP contribution in [-0.2, 0) is 9.59 Å². The molecule has 11 nitrogen and oxygen atoms in total. The van der Waals surface area contributed by atoms with Crippen LogP contribution >= 0.6 is 0 Å². The number of piperazine rings is 2. The molecule has 0 radical (unpaired) electrons. The second kappa shape index (κ2) is 16.4. The van der Waals surface area contributed by atoms with Gasteiger partial charge in [-0.05, 0) is 35.4 Å². The molecule has 2 fully saturated rings. The molecule has 0 unspecified atom stereocenters. The van der Waals surface area contributed by atoms with Crippen molar-refractivity contribution in [2.24, 2.45) is 0 Å². The van der Waals surface area contributed by atoms with Crippen LogP contribution in [0.1, 0.15) is 11.1 Å². The van der Waals surface area contributed by atoms with Gasteiger partial charge < -0.3 is 38.2 Å². The van der Waals surface area contributed by atoms with E-state index >= 15 is 0 Å². The molecule has 2 aliphatic heterocycles. The van der Waals surface area contributed by atoms with Crippen molar-refractivity contribution in [3.8, 4) is 34.5 Å². The number of ether oxygens (including phenoxy) is 6. The summed E-state index contributed by atoms with van der Waals surface area (Å²) in [7, 11) is 9.40. The summed E-state index contributed by atoms with van der Waals surface area (Å²) in [5, 5.41) is 0. The molecule has 246 valence electrons. The van der Waals surface area contributed by atoms with Gasteiger partial charge in [-0.3, -0.25) is 14.5 Å². The van der Waals surface area contributed by atoms with E-state index in [1.165, 1.54) is 0 Å². The summed E-state index contributed by atoms with van der Waals surface area (Å²) in [4.78, 5) is 32.0. The van der Waals surface area contributed by atoms with Gasteiger partial charge in [-0.2, -0.15) is 0 Å². The summed E-state index contributed by atoms with van der Waals surface area (Å²) < 4.78 is 32.4. The number of fused-ring (bicyclic) bond motifs is 1. The van der Waals surface area contributed by atoms with Crippen LogP contribution in [0.15, 0.2) is 60.7 Å². The Morgan fingerprint density at radius 1 is 0.565 bits per heavy atom. The van der Waals surface area contributed by atoms with Crippen LogP contribution in [0, 0.1) is 0 Å². The van der Waals surface area contributed by atoms with Crippen LogP contribution in [0.4, 0.5) is 0 Å². The van der Waals surface area contributed by atoms with Crippen molar-refractivity contribution >= 4 is 24.0 Å². The lowest BCUT2D eigenvalue weighted by atomic mass is 10.1. The van der Waals surface area contributed by atoms with Crippen LogP contribution in [0.25, 0.3) is 12.2 Å². The molecule has 0 N–H and O–H groups in total. The maximum absolute atomic E-state index is 13.0. The highest BCUT2D eigenvalue weighted by atomic mass is 16.5. The quantitative estimate of drug-likeness (QED) is 0.254. The van der Waals surface area contributed by atoms with E-state index in [0.717, 1.165) is 24.2 Å². The van der Waals surface area contributed by atoms with Gasteiger partial charge in [0.15, 0.2) is 23.0 Å². The van der Waals surface area contributed by atoms with Crippen molar-refractivity contribution in [3.05, 3.63) is 71.8 Å². The number of benzene rings is 2. The predicted molar refractivity (Wildman–Crippen MR) is 177 cm³/mol. The summed E-state index contributed by atoms with van der Waals surface area (Å²) >= 11 is 0. The molecule has 0 bridgehead atoms. The first-order chi connectivity index (χ1) is 22.3. The Bertz CT molecular complexity index is 1340. The van der Waals surface area contributed by atoms with Gasteiger partial charge >= 0.3 is 0 Å². The highest BCUT2D eigenvalue weighted by Gasteiger charge is 2.34. The molecule has 0 spiro atoms. The Hall–Kier alpha value is -4.90. The fourth-order valence-corrected chi connectivity index (χ4v) is 5.57. The molecule has 2 aromatic rings. The van der Waals surface area contributed by atoms with Crippen LogP contribution in [0.5, 0.6) is 34.5 Å². The number of amides is 2. The Balaban J connectivity index is 1.31. The van der Waals surface area contributed by atoms with Gasteiger partial charge in [0.05, 0.1) is 42.7 Å². The van der Waals surface area contributed by atoms with Crippen molar-refractivity contribution < 1.29 is 38.0 Å². The first-order valence-corrected chi connectivity index (χ1v) is 15.0. The Morgan fingerprint density at radius 3 is 1.26 bits per heavy atom. The average molecular weight is 634 g/mol. The van der Waals surface area contributed by atoms with Crippen molar-refractivity contribution in [2.75, 3.05) is 81.9 Å². The van der Waals surface area contributed by atoms with Gasteiger partial charge in [0.2, 0.25) is 23.3 Å². The molecule has 0 aliphatic carbocycles. The first kappa shape index (κ1) is 34.0. The number of hydrogen-bond acceptors (Lipinski definition) is 9. The first-order valence-electron chi connectivity index (χ1n) is 15.0. The van der Waals surface area contributed by atoms with Crippen molar-refractivity contribution in [3.63, 3.8) is 0 Å². The van der Waals surface area contributed by atoms with Crippen LogP contribution in [-0.4, -0.2) is 114 Å². The highest BCUT2D eigenvalue weighted by Crippen LogP contribution is 2.39. The molecule has 2 amide bonds. The van der Waals surface area contributed by atoms with Gasteiger partial charge in [0.25, 0.3) is 0 Å². The van der Waals surface area contributed by atoms with Crippen LogP contribution < -0.4 is 28.4 Å². The topological polar surface area (TPSA) is 99.2 Å². The van der Waals surface area contributed by atoms with E-state index in [-0.39, 0.29) is 17.9 Å². The normalized spacial score (nSPS) is 16.0. The van der Waals surface area contributed by atoms with E-state index in [9.17, 15) is 9.59 Å². The zero-order valence-electron chi connectivity index (χ0n) is 27.4. The second-order valence-corrected chi connectivity index (χ2v) is 10.6. The molecule has 2 saturated heterocycles. The van der Waals surface area contributed by atoms with E-state index in [0.29, 0.717) is 60.7 Å². The fourth-order valence-electron chi connectivity index (χ4n) is 5.57. The number of carbonyl (C=O) groups is 2. The lowest BCUT2D eigenvalue weighted by molar-refractivity contribution is -0.133. The largest absolute Gasteiger partial charge is 0.493 e. The summed E-state index contributed by atoms with van der Waals surface area (Å²) in [5.41, 5.74) is 1.69. The number of hydrogen-bond donors (Lipinski definition) is 0. The molecule has 46 heavy (non-hydrogen) atoms. The predicted octanol–water partition coefficient (Wildman–Crippen LogP) is 3.93. The lowest BCUT2D eigenvalue weighted by Crippen LogP contribution is -2.63. The summed E-state index contributed by atoms with van der Waals surface area (Å²) in [5.74, 6) is 3.16. The molecule has 0 aromatic heterocycles. The number of rotatable bonds is 12. The van der Waals surface area contributed by atoms with E-state index < -0.39 is 0 Å². The van der Waals surface area contributed by atoms with Crippen molar-refractivity contribution in [2.45, 2.75) is 6.04 Å². The molecular formula is C35H43N3O8. The Morgan fingerprint density at radius 2 is 0.935 bits per heavy atom. The minimum Gasteiger partial charge on any atom is -0.493 e. The second-order valence-electron chi connectivity index (χ2n) is 10.6. The lowest BCUT2D eigenvalue weighted by Gasteiger charge is -2.46. The molecule has 11 heteroatoms. The van der Waals surface area contributed by atoms with Crippen LogP contribution in [0.3, 0.4) is 0 Å². The molecular weight excluding hydrogens is 590 g/mol. The summed E-state index contributed by atoms with van der Waals surface area (Å²) in [6, 6.07) is 7.43. The third-order valence-electron chi connectivity index (χ3n) is 7.97. The van der Waals surface area contributed by atoms with Crippen molar-refractivity contribution in [1.82, 2.24) is 14.7 Å². The van der Waals surface area contributed by atoms with Crippen LogP contribution in [0.2, 0.25) is 0 Å². The van der Waals surface area contributed by atoms with Gasteiger partial charge in [0.1, 0.15) is 0 Å². The Labute approximate surface area is 270 Å². The zero-order valence-corrected chi connectivity index (χ0v) is 27.4. The zero-order chi connectivity index (χ0) is 33.1. The SMILES string of the molecule is COc1cc(/C=C/C=C/C(=O)N2CCN3CCN(C(=O)/C=C/C=C/c4cc(OC)c(OC)c(OC)c4)CC3C2)cc(OC)c1OC. The number of nitrogens with zero attached hydrogens (tertiary/aromatic N) is 3. The highest BCUT2D eigenvalue weighted by molar-refractivity contribution is 5.89. The summed E-state index contributed by atoms with van der Waals surface area (Å²) in [6.45, 7) is 3.98. The monoisotopic (exact) mass is 633 g/mol. The maximum Gasteiger partial charge on any atom is 0.246 e. The van der Waals surface area contributed by atoms with Gasteiger partial charge in [0, 0.05) is 57.5 Å². The smallest absolute Gasteiger partial charge is 0.246 e. The third kappa shape index (κ3) is 8.22. The molecule has 2 aromatic carbocycles. The van der Waals surface area contributed by atoms with E-state index in [1.807, 2.05) is 46.2 Å². The molecule has 2 aliphatic rings. The fraction of sp³-hybridized carbons (Fsp3) is 0.371. The molecule has 0 saturated carbocycles. The average Bonchev–Trinajstić information content (AvgIpc) is 3.09. The van der Waals surface area contributed by atoms with Gasteiger partial charge in [-0.15, -0.1) is 0 Å². The maximum atomic E-state index is 13.0. The molecule has 4 rings (SSSR count). The van der Waals surface area contributed by atoms with E-state index in [1.54, 1.807) is 79.1 Å². The van der Waals surface area contributed by atoms with Gasteiger partial charge in [-0.25, -0.2) is 0 Å². The number of carbonyl (C=O) groups excluding carboxylic acids is 2. The number of allylic oxidation sites excluding steroid dienone is 4. The third-order valence-corrected chi connectivity index (χ3v) is 7.97. The summed E-state index contributed by atoms with van der Waals surface area (Å²) in [6.07, 6.45) is 13.9. The molecule has 2 heterocycles. The molecule has 0 atom stereocenters. The minimum absolute atomic E-state index is 0.0607. The van der Waals surface area contributed by atoms with E-state index in [2.05, 4.69) is 4.90 Å².